The molecule has 3 heterocycles. The van der Waals surface area contributed by atoms with Gasteiger partial charge in [0.25, 0.3) is 10.0 Å². The minimum Gasteiger partial charge on any atom is -0.339 e. The average Bonchev–Trinajstić information content (AvgIpc) is 3.15. The molecule has 3 aromatic rings. The van der Waals surface area contributed by atoms with E-state index in [1.165, 1.54) is 16.8 Å². The number of halogens is 1. The van der Waals surface area contributed by atoms with E-state index in [1.54, 1.807) is 11.6 Å². The normalized spacial score (nSPS) is 18.3. The van der Waals surface area contributed by atoms with Gasteiger partial charge in [-0.3, -0.25) is 4.98 Å². The summed E-state index contributed by atoms with van der Waals surface area (Å²) in [5, 5.41) is 0.756. The van der Waals surface area contributed by atoms with Crippen molar-refractivity contribution in [3.05, 3.63) is 65.7 Å². The summed E-state index contributed by atoms with van der Waals surface area (Å²) in [7, 11) is -1.83. The van der Waals surface area contributed by atoms with Gasteiger partial charge in [-0.2, -0.15) is 4.31 Å². The Morgan fingerprint density at radius 2 is 2.00 bits per heavy atom. The molecule has 0 bridgehead atoms. The highest BCUT2D eigenvalue weighted by molar-refractivity contribution is 7.89. The summed E-state index contributed by atoms with van der Waals surface area (Å²) < 4.78 is 29.0. The van der Waals surface area contributed by atoms with Crippen LogP contribution >= 0.6 is 11.6 Å². The lowest BCUT2D eigenvalue weighted by Gasteiger charge is -2.31. The van der Waals surface area contributed by atoms with Crippen molar-refractivity contribution < 1.29 is 8.42 Å². The number of pyridine rings is 1. The molecule has 28 heavy (non-hydrogen) atoms. The number of aromatic nitrogens is 3. The summed E-state index contributed by atoms with van der Waals surface area (Å²) in [4.78, 5) is 8.83. The van der Waals surface area contributed by atoms with Gasteiger partial charge in [-0.1, -0.05) is 29.8 Å². The van der Waals surface area contributed by atoms with E-state index in [-0.39, 0.29) is 10.9 Å². The van der Waals surface area contributed by atoms with E-state index >= 15 is 0 Å². The molecule has 4 rings (SSSR count). The van der Waals surface area contributed by atoms with E-state index in [1.807, 2.05) is 42.5 Å². The average molecular weight is 417 g/mol. The predicted molar refractivity (Wildman–Crippen MR) is 109 cm³/mol. The second kappa shape index (κ2) is 7.66. The van der Waals surface area contributed by atoms with Crippen LogP contribution in [-0.2, 0) is 17.1 Å². The number of piperidine rings is 1. The number of aryl methyl sites for hydroxylation is 1. The summed E-state index contributed by atoms with van der Waals surface area (Å²) in [6.45, 7) is 0.911. The molecule has 1 saturated heterocycles. The van der Waals surface area contributed by atoms with Gasteiger partial charge in [-0.15, -0.1) is 0 Å². The van der Waals surface area contributed by atoms with Crippen molar-refractivity contribution in [3.63, 3.8) is 0 Å². The summed E-state index contributed by atoms with van der Waals surface area (Å²) in [6.07, 6.45) is 4.74. The van der Waals surface area contributed by atoms with E-state index in [0.717, 1.165) is 29.8 Å². The highest BCUT2D eigenvalue weighted by Gasteiger charge is 2.32. The van der Waals surface area contributed by atoms with Gasteiger partial charge in [0, 0.05) is 48.5 Å². The molecule has 0 aliphatic carbocycles. The van der Waals surface area contributed by atoms with Crippen molar-refractivity contribution in [2.45, 2.75) is 23.8 Å². The molecule has 1 aliphatic rings. The Kier molecular flexibility index (Phi) is 5.23. The van der Waals surface area contributed by atoms with E-state index in [9.17, 15) is 8.42 Å². The Balaban J connectivity index is 1.59. The SMILES string of the molecule is Cn1cnc(S(=O)(=O)N2CCC[C@@H](c3cccc(-c4cccc(Cl)c4)n3)C2)c1. The third-order valence-corrected chi connectivity index (χ3v) is 6.96. The van der Waals surface area contributed by atoms with Crippen molar-refractivity contribution in [1.82, 2.24) is 18.8 Å². The molecule has 0 saturated carbocycles. The molecular weight excluding hydrogens is 396 g/mol. The fraction of sp³-hybridized carbons (Fsp3) is 0.300. The second-order valence-electron chi connectivity index (χ2n) is 7.04. The summed E-state index contributed by atoms with van der Waals surface area (Å²) in [5.74, 6) is 0.0476. The van der Waals surface area contributed by atoms with Gasteiger partial charge in [0.1, 0.15) is 0 Å². The van der Waals surface area contributed by atoms with Crippen LogP contribution in [0, 0.1) is 0 Å². The predicted octanol–water partition coefficient (Wildman–Crippen LogP) is 3.70. The van der Waals surface area contributed by atoms with Crippen LogP contribution in [0.3, 0.4) is 0 Å². The van der Waals surface area contributed by atoms with Crippen LogP contribution in [0.15, 0.2) is 60.0 Å². The lowest BCUT2D eigenvalue weighted by Crippen LogP contribution is -2.39. The second-order valence-corrected chi connectivity index (χ2v) is 9.36. The number of sulfonamides is 1. The molecule has 8 heteroatoms. The minimum atomic E-state index is -3.59. The van der Waals surface area contributed by atoms with Crippen LogP contribution in [-0.4, -0.2) is 40.3 Å². The van der Waals surface area contributed by atoms with E-state index in [0.29, 0.717) is 18.1 Å². The first-order valence-electron chi connectivity index (χ1n) is 9.14. The first-order valence-corrected chi connectivity index (χ1v) is 11.0. The molecule has 0 amide bonds. The van der Waals surface area contributed by atoms with Crippen LogP contribution in [0.1, 0.15) is 24.5 Å². The molecule has 1 aliphatic heterocycles. The Morgan fingerprint density at radius 1 is 1.18 bits per heavy atom. The summed E-state index contributed by atoms with van der Waals surface area (Å²) in [5.41, 5.74) is 2.69. The van der Waals surface area contributed by atoms with Crippen molar-refractivity contribution in [2.75, 3.05) is 13.1 Å². The number of hydrogen-bond donors (Lipinski definition) is 0. The fourth-order valence-corrected chi connectivity index (χ4v) is 5.22. The van der Waals surface area contributed by atoms with E-state index in [4.69, 9.17) is 16.6 Å². The zero-order valence-corrected chi connectivity index (χ0v) is 17.1. The lowest BCUT2D eigenvalue weighted by molar-refractivity contribution is 0.312. The molecule has 2 aromatic heterocycles. The third kappa shape index (κ3) is 3.83. The van der Waals surface area contributed by atoms with Crippen molar-refractivity contribution >= 4 is 21.6 Å². The van der Waals surface area contributed by atoms with Crippen LogP contribution < -0.4 is 0 Å². The van der Waals surface area contributed by atoms with Gasteiger partial charge >= 0.3 is 0 Å². The first kappa shape index (κ1) is 19.1. The molecule has 146 valence electrons. The molecule has 0 spiro atoms. The zero-order chi connectivity index (χ0) is 19.7. The third-order valence-electron chi connectivity index (χ3n) is 4.98. The van der Waals surface area contributed by atoms with Crippen LogP contribution in [0.4, 0.5) is 0 Å². The number of nitrogens with zero attached hydrogens (tertiary/aromatic N) is 4. The molecule has 0 N–H and O–H groups in total. The molecule has 1 aromatic carbocycles. The molecule has 1 atom stereocenters. The highest BCUT2D eigenvalue weighted by Crippen LogP contribution is 2.30. The maximum absolute atomic E-state index is 12.9. The Bertz CT molecular complexity index is 1100. The Labute approximate surface area is 169 Å². The van der Waals surface area contributed by atoms with Gasteiger partial charge in [0.15, 0.2) is 5.03 Å². The first-order chi connectivity index (χ1) is 13.4. The molecule has 0 unspecified atom stereocenters. The van der Waals surface area contributed by atoms with Crippen LogP contribution in [0.2, 0.25) is 5.02 Å². The van der Waals surface area contributed by atoms with Gasteiger partial charge in [-0.05, 0) is 37.1 Å². The quantitative estimate of drug-likeness (QED) is 0.650. The highest BCUT2D eigenvalue weighted by atomic mass is 35.5. The van der Waals surface area contributed by atoms with Crippen molar-refractivity contribution in [2.24, 2.45) is 7.05 Å². The van der Waals surface area contributed by atoms with Gasteiger partial charge in [-0.25, -0.2) is 13.4 Å². The van der Waals surface area contributed by atoms with Gasteiger partial charge in [0.2, 0.25) is 0 Å². The number of hydrogen-bond acceptors (Lipinski definition) is 4. The zero-order valence-electron chi connectivity index (χ0n) is 15.5. The number of benzene rings is 1. The smallest absolute Gasteiger partial charge is 0.262 e. The minimum absolute atomic E-state index is 0.0476. The Hall–Kier alpha value is -2.22. The fourth-order valence-electron chi connectivity index (χ4n) is 3.54. The monoisotopic (exact) mass is 416 g/mol. The van der Waals surface area contributed by atoms with E-state index in [2.05, 4.69) is 4.98 Å². The molecule has 0 radical (unpaired) electrons. The lowest BCUT2D eigenvalue weighted by atomic mass is 9.95. The van der Waals surface area contributed by atoms with E-state index < -0.39 is 10.0 Å². The summed E-state index contributed by atoms with van der Waals surface area (Å²) in [6, 6.07) is 13.5. The Morgan fingerprint density at radius 3 is 2.75 bits per heavy atom. The largest absolute Gasteiger partial charge is 0.339 e. The van der Waals surface area contributed by atoms with Crippen molar-refractivity contribution in [3.8, 4) is 11.3 Å². The standard InChI is InChI=1S/C20H21ClN4O2S/c1-24-13-20(22-14-24)28(26,27)25-10-4-6-16(12-25)19-9-3-8-18(23-19)15-5-2-7-17(21)11-15/h2-3,5,7-9,11,13-14,16H,4,6,10,12H2,1H3/t16-/m1/s1. The van der Waals surface area contributed by atoms with Crippen molar-refractivity contribution in [1.29, 1.82) is 0 Å². The van der Waals surface area contributed by atoms with Gasteiger partial charge < -0.3 is 4.57 Å². The number of imidazole rings is 1. The topological polar surface area (TPSA) is 68.1 Å². The van der Waals surface area contributed by atoms with Crippen LogP contribution in [0.5, 0.6) is 0 Å². The maximum atomic E-state index is 12.9. The van der Waals surface area contributed by atoms with Gasteiger partial charge in [0.05, 0.1) is 12.0 Å². The summed E-state index contributed by atoms with van der Waals surface area (Å²) >= 11 is 6.10. The molecular formula is C20H21ClN4O2S. The number of rotatable bonds is 4. The molecule has 1 fully saturated rings. The maximum Gasteiger partial charge on any atom is 0.262 e. The molecule has 6 nitrogen and oxygen atoms in total. The van der Waals surface area contributed by atoms with Crippen LogP contribution in [0.25, 0.3) is 11.3 Å².